The summed E-state index contributed by atoms with van der Waals surface area (Å²) in [6.07, 6.45) is 1.31. The molecule has 1 aromatic heterocycles. The van der Waals surface area contributed by atoms with Crippen molar-refractivity contribution in [3.8, 4) is 27.8 Å². The lowest BCUT2D eigenvalue weighted by atomic mass is 10.2. The third-order valence-electron chi connectivity index (χ3n) is 4.97. The van der Waals surface area contributed by atoms with Crippen molar-refractivity contribution in [2.75, 3.05) is 19.5 Å². The van der Waals surface area contributed by atoms with Gasteiger partial charge in [0.05, 0.1) is 26.0 Å². The van der Waals surface area contributed by atoms with E-state index in [1.807, 2.05) is 30.3 Å². The van der Waals surface area contributed by atoms with Gasteiger partial charge >= 0.3 is 17.8 Å². The average molecular weight is 532 g/mol. The first kappa shape index (κ1) is 26.0. The zero-order chi connectivity index (χ0) is 26.9. The Morgan fingerprint density at radius 3 is 2.34 bits per heavy atom. The number of esters is 1. The number of ether oxygens (including phenoxy) is 3. The molecule has 2 N–H and O–H groups in total. The topological polar surface area (TPSA) is 141 Å². The van der Waals surface area contributed by atoms with E-state index in [2.05, 4.69) is 26.0 Å². The number of benzene rings is 3. The van der Waals surface area contributed by atoms with Crippen LogP contribution in [0.15, 0.2) is 77.9 Å². The Kier molecular flexibility index (Phi) is 8.36. The second-order valence-electron chi connectivity index (χ2n) is 7.46. The van der Waals surface area contributed by atoms with Gasteiger partial charge in [0.1, 0.15) is 10.8 Å². The second kappa shape index (κ2) is 12.2. The molecular formula is C26H21N5O6S. The quantitative estimate of drug-likeness (QED) is 0.116. The van der Waals surface area contributed by atoms with Crippen LogP contribution in [0.25, 0.3) is 10.6 Å². The molecule has 38 heavy (non-hydrogen) atoms. The van der Waals surface area contributed by atoms with Gasteiger partial charge in [0.2, 0.25) is 5.13 Å². The standard InChI is InChI=1S/C26H21N5O6S/c1-35-19-11-9-18(10-12-19)25(34)37-20-13-8-16(14-21(20)36-2)15-27-29-23(33)22(32)28-26-31-30-24(38-26)17-6-4-3-5-7-17/h3-15H,1-2H3,(H,29,33)(H,28,31,32)/b27-15+. The number of carbonyl (C=O) groups excluding carboxylic acids is 3. The van der Waals surface area contributed by atoms with E-state index >= 15 is 0 Å². The van der Waals surface area contributed by atoms with Crippen molar-refractivity contribution in [2.24, 2.45) is 5.10 Å². The smallest absolute Gasteiger partial charge is 0.343 e. The molecule has 11 nitrogen and oxygen atoms in total. The molecule has 0 aliphatic heterocycles. The zero-order valence-electron chi connectivity index (χ0n) is 20.2. The van der Waals surface area contributed by atoms with Crippen LogP contribution >= 0.6 is 11.3 Å². The van der Waals surface area contributed by atoms with Gasteiger partial charge in [-0.1, -0.05) is 41.7 Å². The zero-order valence-corrected chi connectivity index (χ0v) is 21.0. The van der Waals surface area contributed by atoms with Gasteiger partial charge in [-0.25, -0.2) is 10.2 Å². The van der Waals surface area contributed by atoms with Crippen LogP contribution in [0, 0.1) is 0 Å². The Hall–Kier alpha value is -5.10. The number of hydrogen-bond donors (Lipinski definition) is 2. The molecule has 0 atom stereocenters. The van der Waals surface area contributed by atoms with Gasteiger partial charge in [-0.3, -0.25) is 14.9 Å². The average Bonchev–Trinajstić information content (AvgIpc) is 3.42. The Morgan fingerprint density at radius 1 is 0.868 bits per heavy atom. The lowest BCUT2D eigenvalue weighted by Gasteiger charge is -2.10. The van der Waals surface area contributed by atoms with Crippen LogP contribution in [0.3, 0.4) is 0 Å². The largest absolute Gasteiger partial charge is 0.497 e. The van der Waals surface area contributed by atoms with Crippen molar-refractivity contribution in [1.29, 1.82) is 0 Å². The second-order valence-corrected chi connectivity index (χ2v) is 8.44. The van der Waals surface area contributed by atoms with E-state index in [0.717, 1.165) is 16.9 Å². The number of hydrazone groups is 1. The molecule has 0 unspecified atom stereocenters. The normalized spacial score (nSPS) is 10.6. The number of rotatable bonds is 8. The fraction of sp³-hybridized carbons (Fsp3) is 0.0769. The predicted octanol–water partition coefficient (Wildman–Crippen LogP) is 3.53. The fourth-order valence-electron chi connectivity index (χ4n) is 3.08. The van der Waals surface area contributed by atoms with Gasteiger partial charge in [0.25, 0.3) is 0 Å². The van der Waals surface area contributed by atoms with E-state index in [-0.39, 0.29) is 16.6 Å². The third kappa shape index (κ3) is 6.56. The number of amides is 2. The van der Waals surface area contributed by atoms with Crippen LogP contribution in [0.2, 0.25) is 0 Å². The summed E-state index contributed by atoms with van der Waals surface area (Å²) in [5.74, 6) is -1.43. The number of hydrogen-bond acceptors (Lipinski definition) is 10. The minimum atomic E-state index is -0.991. The molecule has 0 spiro atoms. The van der Waals surface area contributed by atoms with Crippen LogP contribution in [0.4, 0.5) is 5.13 Å². The van der Waals surface area contributed by atoms with Gasteiger partial charge in [-0.05, 0) is 48.0 Å². The SMILES string of the molecule is COc1ccc(C(=O)Oc2ccc(/C=N/NC(=O)C(=O)Nc3nnc(-c4ccccc4)s3)cc2OC)cc1. The molecule has 0 radical (unpaired) electrons. The van der Waals surface area contributed by atoms with E-state index in [9.17, 15) is 14.4 Å². The molecule has 0 saturated carbocycles. The van der Waals surface area contributed by atoms with E-state index in [0.29, 0.717) is 21.9 Å². The van der Waals surface area contributed by atoms with E-state index in [4.69, 9.17) is 14.2 Å². The number of anilines is 1. The summed E-state index contributed by atoms with van der Waals surface area (Å²) in [7, 11) is 2.95. The van der Waals surface area contributed by atoms with Crippen molar-refractivity contribution in [2.45, 2.75) is 0 Å². The Balaban J connectivity index is 1.32. The van der Waals surface area contributed by atoms with Gasteiger partial charge in [-0.15, -0.1) is 10.2 Å². The van der Waals surface area contributed by atoms with Crippen molar-refractivity contribution < 1.29 is 28.6 Å². The number of carbonyl (C=O) groups is 3. The molecule has 0 aliphatic carbocycles. The molecule has 192 valence electrons. The maximum atomic E-state index is 12.4. The fourth-order valence-corrected chi connectivity index (χ4v) is 3.82. The molecular weight excluding hydrogens is 510 g/mol. The van der Waals surface area contributed by atoms with E-state index < -0.39 is 17.8 Å². The molecule has 12 heteroatoms. The predicted molar refractivity (Wildman–Crippen MR) is 141 cm³/mol. The highest BCUT2D eigenvalue weighted by Crippen LogP contribution is 2.29. The lowest BCUT2D eigenvalue weighted by molar-refractivity contribution is -0.136. The summed E-state index contributed by atoms with van der Waals surface area (Å²) in [5.41, 5.74) is 3.84. The Labute approximate surface area is 221 Å². The minimum Gasteiger partial charge on any atom is -0.497 e. The number of methoxy groups -OCH3 is 2. The summed E-state index contributed by atoms with van der Waals surface area (Å²) < 4.78 is 15.8. The maximum absolute atomic E-state index is 12.4. The molecule has 4 rings (SSSR count). The van der Waals surface area contributed by atoms with Crippen molar-refractivity contribution in [3.05, 3.63) is 83.9 Å². The van der Waals surface area contributed by atoms with Crippen LogP contribution in [0.1, 0.15) is 15.9 Å². The highest BCUT2D eigenvalue weighted by molar-refractivity contribution is 7.18. The van der Waals surface area contributed by atoms with Crippen molar-refractivity contribution in [1.82, 2.24) is 15.6 Å². The first-order valence-electron chi connectivity index (χ1n) is 11.0. The monoisotopic (exact) mass is 531 g/mol. The maximum Gasteiger partial charge on any atom is 0.343 e. The van der Waals surface area contributed by atoms with Crippen molar-refractivity contribution in [3.63, 3.8) is 0 Å². The van der Waals surface area contributed by atoms with Crippen molar-refractivity contribution >= 4 is 40.5 Å². The van der Waals surface area contributed by atoms with Crippen LogP contribution in [-0.2, 0) is 9.59 Å². The number of nitrogens with zero attached hydrogens (tertiary/aromatic N) is 3. The molecule has 0 aliphatic rings. The van der Waals surface area contributed by atoms with Gasteiger partial charge in [-0.2, -0.15) is 5.10 Å². The molecule has 4 aromatic rings. The lowest BCUT2D eigenvalue weighted by Crippen LogP contribution is -2.32. The molecule has 2 amide bonds. The number of nitrogens with one attached hydrogen (secondary N) is 2. The Morgan fingerprint density at radius 2 is 1.63 bits per heavy atom. The van der Waals surface area contributed by atoms with Crippen LogP contribution in [0.5, 0.6) is 17.2 Å². The highest BCUT2D eigenvalue weighted by atomic mass is 32.1. The highest BCUT2D eigenvalue weighted by Gasteiger charge is 2.16. The summed E-state index contributed by atoms with van der Waals surface area (Å²) in [5, 5.41) is 14.9. The summed E-state index contributed by atoms with van der Waals surface area (Å²) in [6, 6.07) is 20.5. The van der Waals surface area contributed by atoms with Crippen LogP contribution in [-0.4, -0.2) is 48.4 Å². The first-order valence-corrected chi connectivity index (χ1v) is 11.9. The van der Waals surface area contributed by atoms with E-state index in [1.54, 1.807) is 36.4 Å². The van der Waals surface area contributed by atoms with Gasteiger partial charge < -0.3 is 14.2 Å². The molecule has 1 heterocycles. The minimum absolute atomic E-state index is 0.178. The summed E-state index contributed by atoms with van der Waals surface area (Å²) in [4.78, 5) is 36.7. The van der Waals surface area contributed by atoms with E-state index in [1.165, 1.54) is 26.5 Å². The van der Waals surface area contributed by atoms with Crippen LogP contribution < -0.4 is 25.0 Å². The molecule has 0 saturated heterocycles. The molecule has 0 fully saturated rings. The van der Waals surface area contributed by atoms with Gasteiger partial charge in [0, 0.05) is 5.56 Å². The van der Waals surface area contributed by atoms with Gasteiger partial charge in [0.15, 0.2) is 11.5 Å². The summed E-state index contributed by atoms with van der Waals surface area (Å²) in [6.45, 7) is 0. The summed E-state index contributed by atoms with van der Waals surface area (Å²) >= 11 is 1.13. The molecule has 0 bridgehead atoms. The molecule has 3 aromatic carbocycles. The number of aromatic nitrogens is 2. The Bertz CT molecular complexity index is 1470. The first-order chi connectivity index (χ1) is 18.5. The third-order valence-corrected chi connectivity index (χ3v) is 5.86.